The van der Waals surface area contributed by atoms with Crippen LogP contribution in [0.25, 0.3) is 10.8 Å². The normalized spacial score (nSPS) is 18.9. The van der Waals surface area contributed by atoms with Gasteiger partial charge in [-0.2, -0.15) is 0 Å². The number of likely N-dealkylation sites (tertiary alicyclic amines) is 1. The summed E-state index contributed by atoms with van der Waals surface area (Å²) in [6.07, 6.45) is 5.46. The molecule has 1 aromatic heterocycles. The number of rotatable bonds is 3. The number of carbonyl (C=O) groups is 1. The van der Waals surface area contributed by atoms with E-state index in [0.29, 0.717) is 12.1 Å². The van der Waals surface area contributed by atoms with E-state index in [0.717, 1.165) is 36.6 Å². The van der Waals surface area contributed by atoms with Crippen molar-refractivity contribution in [1.82, 2.24) is 9.88 Å². The zero-order valence-corrected chi connectivity index (χ0v) is 12.0. The third-order valence-electron chi connectivity index (χ3n) is 4.23. The average Bonchev–Trinajstić information content (AvgIpc) is 2.54. The first-order valence-electron chi connectivity index (χ1n) is 7.57. The number of aromatic nitrogens is 1. The molecule has 0 radical (unpaired) electrons. The zero-order chi connectivity index (χ0) is 14.7. The van der Waals surface area contributed by atoms with Crippen LogP contribution in [0, 0.1) is 0 Å². The maximum Gasteiger partial charge on any atom is 0.273 e. The fourth-order valence-electron chi connectivity index (χ4n) is 3.14. The van der Waals surface area contributed by atoms with Crippen molar-refractivity contribution in [2.75, 3.05) is 13.2 Å². The molecular formula is C17H20N2O2. The molecule has 4 nitrogen and oxygen atoms in total. The van der Waals surface area contributed by atoms with Crippen LogP contribution in [0.1, 0.15) is 36.2 Å². The number of aliphatic hydroxyl groups is 1. The smallest absolute Gasteiger partial charge is 0.273 e. The van der Waals surface area contributed by atoms with Crippen LogP contribution in [0.5, 0.6) is 0 Å². The first-order valence-corrected chi connectivity index (χ1v) is 7.57. The van der Waals surface area contributed by atoms with Crippen molar-refractivity contribution in [3.63, 3.8) is 0 Å². The van der Waals surface area contributed by atoms with E-state index in [1.54, 1.807) is 6.20 Å². The van der Waals surface area contributed by atoms with E-state index in [9.17, 15) is 9.90 Å². The standard InChI is InChI=1S/C17H20N2O2/c20-12-9-14-6-3-4-11-19(14)17(21)16-15-7-2-1-5-13(15)8-10-18-16/h1-2,5,7-8,10,14,20H,3-4,6,9,11-12H2. The van der Waals surface area contributed by atoms with Gasteiger partial charge in [-0.15, -0.1) is 0 Å². The van der Waals surface area contributed by atoms with Gasteiger partial charge < -0.3 is 10.0 Å². The summed E-state index contributed by atoms with van der Waals surface area (Å²) in [4.78, 5) is 19.1. The Labute approximate surface area is 124 Å². The molecule has 1 N–H and O–H groups in total. The molecule has 0 saturated carbocycles. The molecule has 1 aromatic carbocycles. The highest BCUT2D eigenvalue weighted by Crippen LogP contribution is 2.24. The lowest BCUT2D eigenvalue weighted by molar-refractivity contribution is 0.0571. The molecule has 1 saturated heterocycles. The molecule has 110 valence electrons. The molecule has 1 aliphatic heterocycles. The number of piperidine rings is 1. The van der Waals surface area contributed by atoms with Crippen LogP contribution in [-0.4, -0.2) is 40.1 Å². The van der Waals surface area contributed by atoms with Gasteiger partial charge >= 0.3 is 0 Å². The third kappa shape index (κ3) is 2.76. The highest BCUT2D eigenvalue weighted by molar-refractivity contribution is 6.05. The summed E-state index contributed by atoms with van der Waals surface area (Å²) in [7, 11) is 0. The predicted octanol–water partition coefficient (Wildman–Crippen LogP) is 2.61. The van der Waals surface area contributed by atoms with Crippen LogP contribution in [0.4, 0.5) is 0 Å². The van der Waals surface area contributed by atoms with E-state index in [1.807, 2.05) is 35.2 Å². The molecule has 1 atom stereocenters. The SMILES string of the molecule is O=C(c1nccc2ccccc12)N1CCCCC1CCO. The molecule has 21 heavy (non-hydrogen) atoms. The van der Waals surface area contributed by atoms with Crippen LogP contribution in [-0.2, 0) is 0 Å². The third-order valence-corrected chi connectivity index (χ3v) is 4.23. The fraction of sp³-hybridized carbons (Fsp3) is 0.412. The van der Waals surface area contributed by atoms with Crippen molar-refractivity contribution in [2.45, 2.75) is 31.7 Å². The van der Waals surface area contributed by atoms with Crippen LogP contribution in [0.15, 0.2) is 36.5 Å². The largest absolute Gasteiger partial charge is 0.396 e. The Morgan fingerprint density at radius 2 is 2.14 bits per heavy atom. The first kappa shape index (κ1) is 14.0. The minimum Gasteiger partial charge on any atom is -0.396 e. The van der Waals surface area contributed by atoms with Crippen molar-refractivity contribution in [2.24, 2.45) is 0 Å². The van der Waals surface area contributed by atoms with Gasteiger partial charge in [0.1, 0.15) is 5.69 Å². The van der Waals surface area contributed by atoms with E-state index in [-0.39, 0.29) is 18.6 Å². The average molecular weight is 284 g/mol. The number of fused-ring (bicyclic) bond motifs is 1. The van der Waals surface area contributed by atoms with Gasteiger partial charge in [0.05, 0.1) is 0 Å². The summed E-state index contributed by atoms with van der Waals surface area (Å²) in [6, 6.07) is 9.90. The Hall–Kier alpha value is -1.94. The maximum absolute atomic E-state index is 12.9. The Bertz CT molecular complexity index is 634. The first-order chi connectivity index (χ1) is 10.3. The summed E-state index contributed by atoms with van der Waals surface area (Å²) in [6.45, 7) is 0.881. The Kier molecular flexibility index (Phi) is 4.15. The second-order valence-corrected chi connectivity index (χ2v) is 5.54. The number of aliphatic hydroxyl groups excluding tert-OH is 1. The summed E-state index contributed by atoms with van der Waals surface area (Å²) in [5.74, 6) is -0.00931. The van der Waals surface area contributed by atoms with E-state index in [1.165, 1.54) is 0 Å². The van der Waals surface area contributed by atoms with Crippen LogP contribution in [0.3, 0.4) is 0 Å². The van der Waals surface area contributed by atoms with E-state index < -0.39 is 0 Å². The lowest BCUT2D eigenvalue weighted by Gasteiger charge is -2.35. The van der Waals surface area contributed by atoms with E-state index >= 15 is 0 Å². The molecule has 0 aliphatic carbocycles. The zero-order valence-electron chi connectivity index (χ0n) is 12.0. The number of amides is 1. The van der Waals surface area contributed by atoms with Crippen LogP contribution in [0.2, 0.25) is 0 Å². The van der Waals surface area contributed by atoms with Crippen molar-refractivity contribution in [3.8, 4) is 0 Å². The molecule has 0 bridgehead atoms. The van der Waals surface area contributed by atoms with Crippen molar-refractivity contribution in [1.29, 1.82) is 0 Å². The van der Waals surface area contributed by atoms with Crippen LogP contribution < -0.4 is 0 Å². The van der Waals surface area contributed by atoms with Gasteiger partial charge in [0.15, 0.2) is 0 Å². The molecule has 1 fully saturated rings. The number of pyridine rings is 1. The molecule has 3 rings (SSSR count). The van der Waals surface area contributed by atoms with Gasteiger partial charge in [-0.05, 0) is 37.1 Å². The van der Waals surface area contributed by atoms with E-state index in [4.69, 9.17) is 0 Å². The Balaban J connectivity index is 1.95. The Morgan fingerprint density at radius 1 is 1.29 bits per heavy atom. The fourth-order valence-corrected chi connectivity index (χ4v) is 3.14. The van der Waals surface area contributed by atoms with Crippen molar-refractivity contribution < 1.29 is 9.90 Å². The lowest BCUT2D eigenvalue weighted by atomic mass is 9.98. The molecule has 2 heterocycles. The quantitative estimate of drug-likeness (QED) is 0.942. The summed E-state index contributed by atoms with van der Waals surface area (Å²) >= 11 is 0. The highest BCUT2D eigenvalue weighted by atomic mass is 16.3. The molecule has 2 aromatic rings. The molecule has 0 spiro atoms. The van der Waals surface area contributed by atoms with Crippen molar-refractivity contribution in [3.05, 3.63) is 42.2 Å². The Morgan fingerprint density at radius 3 is 3.00 bits per heavy atom. The molecule has 1 aliphatic rings. The van der Waals surface area contributed by atoms with Gasteiger partial charge in [-0.3, -0.25) is 9.78 Å². The minimum atomic E-state index is -0.00931. The second kappa shape index (κ2) is 6.22. The van der Waals surface area contributed by atoms with Crippen LogP contribution >= 0.6 is 0 Å². The topological polar surface area (TPSA) is 53.4 Å². The highest BCUT2D eigenvalue weighted by Gasteiger charge is 2.28. The molecular weight excluding hydrogens is 264 g/mol. The monoisotopic (exact) mass is 284 g/mol. The number of benzene rings is 1. The second-order valence-electron chi connectivity index (χ2n) is 5.54. The maximum atomic E-state index is 12.9. The number of carbonyl (C=O) groups excluding carboxylic acids is 1. The summed E-state index contributed by atoms with van der Waals surface area (Å²) in [5.41, 5.74) is 0.526. The summed E-state index contributed by atoms with van der Waals surface area (Å²) < 4.78 is 0. The van der Waals surface area contributed by atoms with Crippen molar-refractivity contribution >= 4 is 16.7 Å². The van der Waals surface area contributed by atoms with Gasteiger partial charge in [-0.25, -0.2) is 0 Å². The minimum absolute atomic E-state index is 0.00931. The van der Waals surface area contributed by atoms with E-state index in [2.05, 4.69) is 4.98 Å². The molecule has 4 heteroatoms. The number of hydrogen-bond donors (Lipinski definition) is 1. The number of nitrogens with zero attached hydrogens (tertiary/aromatic N) is 2. The molecule has 1 amide bonds. The molecule has 1 unspecified atom stereocenters. The van der Waals surface area contributed by atoms with Gasteiger partial charge in [-0.1, -0.05) is 24.3 Å². The van der Waals surface area contributed by atoms with Gasteiger partial charge in [0.25, 0.3) is 5.91 Å². The lowest BCUT2D eigenvalue weighted by Crippen LogP contribution is -2.44. The van der Waals surface area contributed by atoms with Gasteiger partial charge in [0, 0.05) is 30.8 Å². The predicted molar refractivity (Wildman–Crippen MR) is 82.1 cm³/mol. The summed E-state index contributed by atoms with van der Waals surface area (Å²) in [5, 5.41) is 11.1. The van der Waals surface area contributed by atoms with Gasteiger partial charge in [0.2, 0.25) is 0 Å². The number of hydrogen-bond acceptors (Lipinski definition) is 3.